The molecule has 1 saturated carbocycles. The zero-order valence-electron chi connectivity index (χ0n) is 11.8. The van der Waals surface area contributed by atoms with Crippen LogP contribution in [-0.2, 0) is 0 Å². The predicted octanol–water partition coefficient (Wildman–Crippen LogP) is 2.36. The number of para-hydroxylation sites is 1. The largest absolute Gasteiger partial charge is 0.358 e. The second-order valence-corrected chi connectivity index (χ2v) is 5.95. The van der Waals surface area contributed by atoms with Gasteiger partial charge in [0.1, 0.15) is 0 Å². The average Bonchev–Trinajstić information content (AvgIpc) is 3.10. The van der Waals surface area contributed by atoms with Gasteiger partial charge in [-0.15, -0.1) is 0 Å². The maximum atomic E-state index is 10.9. The Morgan fingerprint density at radius 2 is 2.18 bits per heavy atom. The molecule has 3 rings (SSSR count). The molecule has 114 valence electrons. The molecule has 0 radical (unpaired) electrons. The number of nitrogens with zero attached hydrogens (tertiary/aromatic N) is 2. The fourth-order valence-corrected chi connectivity index (χ4v) is 3.27. The highest BCUT2D eigenvalue weighted by atomic mass is 32.1. The van der Waals surface area contributed by atoms with E-state index in [2.05, 4.69) is 28.0 Å². The molecule has 2 bridgehead atoms. The maximum Gasteiger partial charge on any atom is 0.278 e. The van der Waals surface area contributed by atoms with E-state index in [9.17, 15) is 10.1 Å². The van der Waals surface area contributed by atoms with Crippen molar-refractivity contribution in [1.82, 2.24) is 10.7 Å². The summed E-state index contributed by atoms with van der Waals surface area (Å²) in [6, 6.07) is 6.79. The van der Waals surface area contributed by atoms with Crippen LogP contribution in [0.1, 0.15) is 18.4 Å². The Bertz CT molecular complexity index is 659. The van der Waals surface area contributed by atoms with Crippen molar-refractivity contribution in [2.24, 2.45) is 16.9 Å². The van der Waals surface area contributed by atoms with Crippen molar-refractivity contribution in [1.29, 1.82) is 0 Å². The van der Waals surface area contributed by atoms with E-state index in [4.69, 9.17) is 12.2 Å². The van der Waals surface area contributed by atoms with Gasteiger partial charge in [0.2, 0.25) is 0 Å². The number of benzene rings is 1. The summed E-state index contributed by atoms with van der Waals surface area (Å²) in [6.45, 7) is 0. The third kappa shape index (κ3) is 3.14. The van der Waals surface area contributed by atoms with Crippen LogP contribution in [0.2, 0.25) is 0 Å². The van der Waals surface area contributed by atoms with Gasteiger partial charge < -0.3 is 5.32 Å². The van der Waals surface area contributed by atoms with Crippen molar-refractivity contribution in [3.8, 4) is 0 Å². The first-order valence-corrected chi connectivity index (χ1v) is 7.55. The van der Waals surface area contributed by atoms with Gasteiger partial charge in [0.15, 0.2) is 5.11 Å². The van der Waals surface area contributed by atoms with E-state index in [-0.39, 0.29) is 5.69 Å². The Labute approximate surface area is 133 Å². The zero-order chi connectivity index (χ0) is 15.5. The Morgan fingerprint density at radius 1 is 1.36 bits per heavy atom. The van der Waals surface area contributed by atoms with Crippen LogP contribution >= 0.6 is 12.2 Å². The molecule has 1 fully saturated rings. The molecule has 0 aromatic heterocycles. The van der Waals surface area contributed by atoms with Gasteiger partial charge in [0, 0.05) is 12.1 Å². The third-order valence-electron chi connectivity index (χ3n) is 4.10. The molecule has 0 spiro atoms. The summed E-state index contributed by atoms with van der Waals surface area (Å²) in [4.78, 5) is 10.5. The Hall–Kier alpha value is -2.28. The normalized spacial score (nSPS) is 25.5. The van der Waals surface area contributed by atoms with Crippen LogP contribution in [-0.4, -0.2) is 22.3 Å². The van der Waals surface area contributed by atoms with E-state index in [1.54, 1.807) is 18.2 Å². The lowest BCUT2D eigenvalue weighted by Crippen LogP contribution is -2.42. The van der Waals surface area contributed by atoms with Crippen molar-refractivity contribution in [3.05, 3.63) is 52.1 Å². The molecular weight excluding hydrogens is 300 g/mol. The van der Waals surface area contributed by atoms with E-state index in [0.29, 0.717) is 28.6 Å². The fraction of sp³-hybridized carbons (Fsp3) is 0.333. The lowest BCUT2D eigenvalue weighted by Gasteiger charge is -2.20. The summed E-state index contributed by atoms with van der Waals surface area (Å²) in [7, 11) is 0. The highest BCUT2D eigenvalue weighted by molar-refractivity contribution is 7.80. The van der Waals surface area contributed by atoms with Crippen LogP contribution in [0.15, 0.2) is 41.5 Å². The molecule has 1 aromatic rings. The standard InChI is InChI=1S/C15H16N4O2S/c20-19(21)14-4-2-1-3-12(14)9-16-18-15(22)17-13-8-10-5-6-11(13)7-10/h1-6,9-11,13H,7-8H2,(H2,17,18,22). The summed E-state index contributed by atoms with van der Waals surface area (Å²) in [5, 5.41) is 18.6. The molecule has 2 aliphatic carbocycles. The molecule has 7 heteroatoms. The van der Waals surface area contributed by atoms with Gasteiger partial charge in [0.05, 0.1) is 16.7 Å². The number of nitro benzene ring substituents is 1. The van der Waals surface area contributed by atoms with Gasteiger partial charge >= 0.3 is 0 Å². The Morgan fingerprint density at radius 3 is 2.86 bits per heavy atom. The molecular formula is C15H16N4O2S. The van der Waals surface area contributed by atoms with Crippen molar-refractivity contribution in [2.75, 3.05) is 0 Å². The number of rotatable bonds is 4. The van der Waals surface area contributed by atoms with Crippen LogP contribution in [0.25, 0.3) is 0 Å². The van der Waals surface area contributed by atoms with Gasteiger partial charge in [-0.3, -0.25) is 15.5 Å². The first kappa shape index (κ1) is 14.6. The van der Waals surface area contributed by atoms with E-state index < -0.39 is 4.92 Å². The quantitative estimate of drug-likeness (QED) is 0.293. The Balaban J connectivity index is 1.55. The van der Waals surface area contributed by atoms with Crippen LogP contribution in [0.3, 0.4) is 0 Å². The first-order chi connectivity index (χ1) is 10.6. The molecule has 0 aliphatic heterocycles. The molecule has 1 aromatic carbocycles. The number of nitrogens with one attached hydrogen (secondary N) is 2. The zero-order valence-corrected chi connectivity index (χ0v) is 12.6. The number of fused-ring (bicyclic) bond motifs is 2. The van der Waals surface area contributed by atoms with Crippen LogP contribution in [0, 0.1) is 22.0 Å². The maximum absolute atomic E-state index is 10.9. The summed E-state index contributed by atoms with van der Waals surface area (Å²) < 4.78 is 0. The number of hydrogen-bond donors (Lipinski definition) is 2. The minimum Gasteiger partial charge on any atom is -0.358 e. The van der Waals surface area contributed by atoms with E-state index in [1.165, 1.54) is 18.7 Å². The second kappa shape index (κ2) is 6.23. The molecule has 6 nitrogen and oxygen atoms in total. The fourth-order valence-electron chi connectivity index (χ4n) is 3.07. The van der Waals surface area contributed by atoms with Gasteiger partial charge in [-0.2, -0.15) is 5.10 Å². The first-order valence-electron chi connectivity index (χ1n) is 7.15. The van der Waals surface area contributed by atoms with Crippen LogP contribution in [0.4, 0.5) is 5.69 Å². The summed E-state index contributed by atoms with van der Waals surface area (Å²) in [5.41, 5.74) is 3.18. The SMILES string of the molecule is O=[N+]([O-])c1ccccc1C=NNC(=S)NC1CC2C=CC1C2. The van der Waals surface area contributed by atoms with Crippen LogP contribution in [0.5, 0.6) is 0 Å². The molecule has 0 amide bonds. The molecule has 0 saturated heterocycles. The van der Waals surface area contributed by atoms with Crippen molar-refractivity contribution < 1.29 is 4.92 Å². The van der Waals surface area contributed by atoms with Gasteiger partial charge in [0.25, 0.3) is 5.69 Å². The number of hydrogen-bond acceptors (Lipinski definition) is 4. The van der Waals surface area contributed by atoms with Crippen molar-refractivity contribution >= 4 is 29.2 Å². The predicted molar refractivity (Wildman–Crippen MR) is 88.7 cm³/mol. The lowest BCUT2D eigenvalue weighted by molar-refractivity contribution is -0.385. The summed E-state index contributed by atoms with van der Waals surface area (Å²) in [6.07, 6.45) is 8.21. The smallest absolute Gasteiger partial charge is 0.278 e. The van der Waals surface area contributed by atoms with Gasteiger partial charge in [-0.1, -0.05) is 24.3 Å². The van der Waals surface area contributed by atoms with Gasteiger partial charge in [-0.25, -0.2) is 0 Å². The minimum atomic E-state index is -0.431. The van der Waals surface area contributed by atoms with E-state index in [1.807, 2.05) is 0 Å². The molecule has 3 unspecified atom stereocenters. The van der Waals surface area contributed by atoms with Gasteiger partial charge in [-0.05, 0) is 43.0 Å². The summed E-state index contributed by atoms with van der Waals surface area (Å²) >= 11 is 5.21. The molecule has 3 atom stereocenters. The number of hydrazone groups is 1. The molecule has 2 aliphatic rings. The third-order valence-corrected chi connectivity index (χ3v) is 4.31. The summed E-state index contributed by atoms with van der Waals surface area (Å²) in [5.74, 6) is 1.21. The topological polar surface area (TPSA) is 79.6 Å². The molecule has 0 heterocycles. The number of thiocarbonyl (C=S) groups is 1. The average molecular weight is 316 g/mol. The lowest BCUT2D eigenvalue weighted by atomic mass is 10.0. The minimum absolute atomic E-state index is 0.0187. The van der Waals surface area contributed by atoms with Crippen molar-refractivity contribution in [2.45, 2.75) is 18.9 Å². The highest BCUT2D eigenvalue weighted by Gasteiger charge is 2.35. The van der Waals surface area contributed by atoms with E-state index in [0.717, 1.165) is 6.42 Å². The number of allylic oxidation sites excluding steroid dienone is 1. The highest BCUT2D eigenvalue weighted by Crippen LogP contribution is 2.38. The Kier molecular flexibility index (Phi) is 4.15. The van der Waals surface area contributed by atoms with Crippen molar-refractivity contribution in [3.63, 3.8) is 0 Å². The monoisotopic (exact) mass is 316 g/mol. The number of nitro groups is 1. The molecule has 2 N–H and O–H groups in total. The van der Waals surface area contributed by atoms with E-state index >= 15 is 0 Å². The second-order valence-electron chi connectivity index (χ2n) is 5.55. The molecule has 22 heavy (non-hydrogen) atoms. The van der Waals surface area contributed by atoms with Crippen LogP contribution < -0.4 is 10.7 Å².